The molecular weight excluding hydrogens is 307 g/mol. The average Bonchev–Trinajstić information content (AvgIpc) is 2.82. The summed E-state index contributed by atoms with van der Waals surface area (Å²) in [5.41, 5.74) is 1.61. The first-order valence-corrected chi connectivity index (χ1v) is 6.17. The molecule has 7 nitrogen and oxygen atoms in total. The fraction of sp³-hybridized carbons (Fsp3) is 0.417. The predicted molar refractivity (Wildman–Crippen MR) is 69.0 cm³/mol. The Morgan fingerprint density at radius 3 is 2.59 bits per heavy atom. The molecule has 120 valence electrons. The predicted octanol–water partition coefficient (Wildman–Crippen LogP) is 1.32. The molecule has 1 aliphatic heterocycles. The van der Waals surface area contributed by atoms with Crippen LogP contribution in [0.5, 0.6) is 0 Å². The molecule has 0 spiro atoms. The van der Waals surface area contributed by atoms with Crippen LogP contribution in [0, 0.1) is 10.1 Å². The molecule has 1 fully saturated rings. The van der Waals surface area contributed by atoms with Crippen molar-refractivity contribution >= 4 is 17.3 Å². The minimum atomic E-state index is -4.85. The third kappa shape index (κ3) is 2.69. The van der Waals surface area contributed by atoms with Gasteiger partial charge in [0.25, 0.3) is 11.6 Å². The number of nitro groups is 1. The van der Waals surface area contributed by atoms with Crippen LogP contribution in [0.2, 0.25) is 0 Å². The van der Waals surface area contributed by atoms with Crippen molar-refractivity contribution in [3.63, 3.8) is 0 Å². The minimum Gasteiger partial charge on any atom is -0.393 e. The maximum atomic E-state index is 12.7. The van der Waals surface area contributed by atoms with E-state index >= 15 is 0 Å². The van der Waals surface area contributed by atoms with Crippen LogP contribution < -0.4 is 5.73 Å². The lowest BCUT2D eigenvalue weighted by Crippen LogP contribution is -2.48. The average molecular weight is 319 g/mol. The summed E-state index contributed by atoms with van der Waals surface area (Å²) in [6, 6.07) is 3.23. The third-order valence-electron chi connectivity index (χ3n) is 3.54. The van der Waals surface area contributed by atoms with Gasteiger partial charge in [-0.2, -0.15) is 13.2 Å². The lowest BCUT2D eigenvalue weighted by molar-refractivity contribution is -0.383. The van der Waals surface area contributed by atoms with Gasteiger partial charge in [-0.25, -0.2) is 0 Å². The van der Waals surface area contributed by atoms with E-state index in [1.165, 1.54) is 6.07 Å². The van der Waals surface area contributed by atoms with Crippen LogP contribution in [-0.2, 0) is 0 Å². The Morgan fingerprint density at radius 2 is 2.09 bits per heavy atom. The maximum Gasteiger partial charge on any atom is 0.419 e. The normalized spacial score (nSPS) is 21.9. The van der Waals surface area contributed by atoms with Gasteiger partial charge in [0.1, 0.15) is 5.69 Å². The lowest BCUT2D eigenvalue weighted by Gasteiger charge is -2.25. The number of β-amino-alcohol motifs (C(OH)–C–C–N with tert-alkyl or cyclic N) is 1. The van der Waals surface area contributed by atoms with Crippen molar-refractivity contribution in [3.8, 4) is 0 Å². The fourth-order valence-corrected chi connectivity index (χ4v) is 2.22. The second-order valence-electron chi connectivity index (χ2n) is 5.04. The van der Waals surface area contributed by atoms with Crippen molar-refractivity contribution in [2.45, 2.75) is 18.2 Å². The van der Waals surface area contributed by atoms with Gasteiger partial charge in [0, 0.05) is 24.6 Å². The molecule has 3 N–H and O–H groups in total. The molecule has 10 heteroatoms. The molecule has 1 aromatic carbocycles. The smallest absolute Gasteiger partial charge is 0.393 e. The van der Waals surface area contributed by atoms with Gasteiger partial charge in [0.05, 0.1) is 11.5 Å². The van der Waals surface area contributed by atoms with E-state index in [-0.39, 0.29) is 17.8 Å². The van der Waals surface area contributed by atoms with Gasteiger partial charge in [-0.15, -0.1) is 0 Å². The standard InChI is InChI=1S/C12H12F3N3O4/c13-12(14,15)11(20)3-4-17(6-11)10(19)7-1-2-8(16)9(5-7)18(21)22/h1-2,5,20H,3-4,6,16H2. The van der Waals surface area contributed by atoms with Crippen LogP contribution in [0.3, 0.4) is 0 Å². The van der Waals surface area contributed by atoms with Crippen LogP contribution >= 0.6 is 0 Å². The van der Waals surface area contributed by atoms with Crippen LogP contribution in [0.25, 0.3) is 0 Å². The molecular formula is C12H12F3N3O4. The van der Waals surface area contributed by atoms with Gasteiger partial charge in [-0.3, -0.25) is 14.9 Å². The van der Waals surface area contributed by atoms with E-state index in [0.717, 1.165) is 17.0 Å². The van der Waals surface area contributed by atoms with E-state index in [9.17, 15) is 33.2 Å². The van der Waals surface area contributed by atoms with E-state index < -0.39 is 41.3 Å². The molecule has 1 saturated heterocycles. The highest BCUT2D eigenvalue weighted by molar-refractivity contribution is 5.96. The topological polar surface area (TPSA) is 110 Å². The molecule has 2 rings (SSSR count). The summed E-state index contributed by atoms with van der Waals surface area (Å²) in [6.45, 7) is -1.21. The number of nitrogens with two attached hydrogens (primary N) is 1. The first kappa shape index (κ1) is 16.0. The number of carbonyl (C=O) groups is 1. The number of anilines is 1. The molecule has 1 unspecified atom stereocenters. The number of nitrogens with zero attached hydrogens (tertiary/aromatic N) is 2. The van der Waals surface area contributed by atoms with E-state index in [2.05, 4.69) is 0 Å². The Morgan fingerprint density at radius 1 is 1.45 bits per heavy atom. The molecule has 1 atom stereocenters. The first-order valence-electron chi connectivity index (χ1n) is 6.17. The van der Waals surface area contributed by atoms with Gasteiger partial charge >= 0.3 is 6.18 Å². The molecule has 22 heavy (non-hydrogen) atoms. The number of halogens is 3. The second-order valence-corrected chi connectivity index (χ2v) is 5.04. The number of rotatable bonds is 2. The summed E-state index contributed by atoms with van der Waals surface area (Å²) in [4.78, 5) is 22.9. The maximum absolute atomic E-state index is 12.7. The largest absolute Gasteiger partial charge is 0.419 e. The third-order valence-corrected chi connectivity index (χ3v) is 3.54. The highest BCUT2D eigenvalue weighted by atomic mass is 19.4. The number of amides is 1. The van der Waals surface area contributed by atoms with Crippen molar-refractivity contribution in [2.24, 2.45) is 0 Å². The molecule has 1 amide bonds. The second kappa shape index (κ2) is 5.13. The molecule has 1 aromatic rings. The number of aliphatic hydroxyl groups is 1. The Kier molecular flexibility index (Phi) is 3.73. The fourth-order valence-electron chi connectivity index (χ4n) is 2.22. The summed E-state index contributed by atoms with van der Waals surface area (Å²) in [6.07, 6.45) is -5.49. The number of hydrogen-bond donors (Lipinski definition) is 2. The SMILES string of the molecule is Nc1ccc(C(=O)N2CCC(O)(C(F)(F)F)C2)cc1[N+](=O)[O-]. The lowest BCUT2D eigenvalue weighted by atomic mass is 10.0. The number of hydrogen-bond acceptors (Lipinski definition) is 5. The van der Waals surface area contributed by atoms with Crippen molar-refractivity contribution in [3.05, 3.63) is 33.9 Å². The van der Waals surface area contributed by atoms with Gasteiger partial charge in [-0.1, -0.05) is 0 Å². The molecule has 0 aliphatic carbocycles. The first-order chi connectivity index (χ1) is 10.0. The quantitative estimate of drug-likeness (QED) is 0.485. The monoisotopic (exact) mass is 319 g/mol. The van der Waals surface area contributed by atoms with Gasteiger partial charge in [0.15, 0.2) is 5.60 Å². The minimum absolute atomic E-state index is 0.158. The van der Waals surface area contributed by atoms with Gasteiger partial charge in [0.2, 0.25) is 0 Å². The van der Waals surface area contributed by atoms with E-state index in [4.69, 9.17) is 5.73 Å². The summed E-state index contributed by atoms with van der Waals surface area (Å²) in [5, 5.41) is 20.3. The van der Waals surface area contributed by atoms with E-state index in [0.29, 0.717) is 0 Å². The number of nitrogen functional groups attached to an aromatic ring is 1. The van der Waals surface area contributed by atoms with Crippen LogP contribution in [-0.4, -0.2) is 45.7 Å². The Bertz CT molecular complexity index is 635. The molecule has 0 aromatic heterocycles. The zero-order chi connectivity index (χ0) is 16.7. The molecule has 1 heterocycles. The Hall–Kier alpha value is -2.36. The van der Waals surface area contributed by atoms with E-state index in [1.807, 2.05) is 0 Å². The van der Waals surface area contributed by atoms with Crippen molar-refractivity contribution in [2.75, 3.05) is 18.8 Å². The number of nitro benzene ring substituents is 1. The molecule has 0 saturated carbocycles. The van der Waals surface area contributed by atoms with Crippen molar-refractivity contribution in [1.29, 1.82) is 0 Å². The van der Waals surface area contributed by atoms with Crippen LogP contribution in [0.4, 0.5) is 24.5 Å². The van der Waals surface area contributed by atoms with E-state index in [1.54, 1.807) is 0 Å². The highest BCUT2D eigenvalue weighted by Crippen LogP contribution is 2.38. The van der Waals surface area contributed by atoms with Crippen LogP contribution in [0.1, 0.15) is 16.8 Å². The number of benzene rings is 1. The van der Waals surface area contributed by atoms with Gasteiger partial charge in [-0.05, 0) is 12.1 Å². The molecule has 1 aliphatic rings. The Labute approximate surface area is 122 Å². The Balaban J connectivity index is 2.24. The van der Waals surface area contributed by atoms with Gasteiger partial charge < -0.3 is 15.7 Å². The number of alkyl halides is 3. The number of likely N-dealkylation sites (tertiary alicyclic amines) is 1. The van der Waals surface area contributed by atoms with Crippen LogP contribution in [0.15, 0.2) is 18.2 Å². The zero-order valence-corrected chi connectivity index (χ0v) is 11.1. The summed E-state index contributed by atoms with van der Waals surface area (Å²) in [5.74, 6) is -0.830. The highest BCUT2D eigenvalue weighted by Gasteiger charge is 2.57. The summed E-state index contributed by atoms with van der Waals surface area (Å²) >= 11 is 0. The van der Waals surface area contributed by atoms with Crippen molar-refractivity contribution < 1.29 is 28.0 Å². The van der Waals surface area contributed by atoms with Crippen molar-refractivity contribution in [1.82, 2.24) is 4.90 Å². The zero-order valence-electron chi connectivity index (χ0n) is 11.1. The summed E-state index contributed by atoms with van der Waals surface area (Å²) < 4.78 is 38.1. The molecule has 0 radical (unpaired) electrons. The summed E-state index contributed by atoms with van der Waals surface area (Å²) in [7, 11) is 0. The number of carbonyl (C=O) groups excluding carboxylic acids is 1. The molecule has 0 bridgehead atoms.